The Labute approximate surface area is 150 Å². The van der Waals surface area contributed by atoms with Gasteiger partial charge in [0.15, 0.2) is 17.5 Å². The molecule has 0 radical (unpaired) electrons. The van der Waals surface area contributed by atoms with Crippen molar-refractivity contribution in [1.82, 2.24) is 4.90 Å². The lowest BCUT2D eigenvalue weighted by Crippen LogP contribution is -2.37. The predicted molar refractivity (Wildman–Crippen MR) is 92.9 cm³/mol. The van der Waals surface area contributed by atoms with Gasteiger partial charge in [0.1, 0.15) is 5.75 Å². The minimum absolute atomic E-state index is 0. The van der Waals surface area contributed by atoms with Gasteiger partial charge in [-0.1, -0.05) is 0 Å². The van der Waals surface area contributed by atoms with Crippen molar-refractivity contribution in [3.63, 3.8) is 0 Å². The van der Waals surface area contributed by atoms with Crippen LogP contribution in [0.25, 0.3) is 0 Å². The van der Waals surface area contributed by atoms with Crippen molar-refractivity contribution in [3.05, 3.63) is 17.7 Å². The molecule has 0 spiro atoms. The second kappa shape index (κ2) is 8.94. The first-order chi connectivity index (χ1) is 10.5. The van der Waals surface area contributed by atoms with E-state index in [1.165, 1.54) is 6.07 Å². The zero-order valence-corrected chi connectivity index (χ0v) is 15.3. The first-order valence-corrected chi connectivity index (χ1v) is 6.97. The molecule has 2 N–H and O–H groups in total. The second-order valence-corrected chi connectivity index (χ2v) is 4.54. The smallest absolute Gasteiger partial charge is 0.387 e. The Morgan fingerprint density at radius 3 is 2.48 bits per heavy atom. The standard InChI is InChI=1S/C14H19F2N3O3.HI/c1-3-19(4-2)14(17)18-7-9-5-11-12(21-8-20-11)6-10(9)22-13(15)16;/h5-6,13H,3-4,7-8H2,1-2H3,(H2,17,18);1H. The maximum atomic E-state index is 12.5. The molecule has 2 rings (SSSR count). The van der Waals surface area contributed by atoms with Gasteiger partial charge in [0.25, 0.3) is 0 Å². The van der Waals surface area contributed by atoms with Gasteiger partial charge < -0.3 is 24.8 Å². The predicted octanol–water partition coefficient (Wildman–Crippen LogP) is 2.79. The maximum Gasteiger partial charge on any atom is 0.387 e. The van der Waals surface area contributed by atoms with Crippen molar-refractivity contribution in [1.29, 1.82) is 0 Å². The number of fused-ring (bicyclic) bond motifs is 1. The number of alkyl halides is 2. The third-order valence-electron chi connectivity index (χ3n) is 3.27. The number of benzene rings is 1. The average Bonchev–Trinajstić information content (AvgIpc) is 2.92. The summed E-state index contributed by atoms with van der Waals surface area (Å²) >= 11 is 0. The average molecular weight is 443 g/mol. The number of hydrogen-bond donors (Lipinski definition) is 1. The molecule has 0 bridgehead atoms. The number of ether oxygens (including phenoxy) is 3. The largest absolute Gasteiger partial charge is 0.454 e. The van der Waals surface area contributed by atoms with Gasteiger partial charge in [-0.2, -0.15) is 8.78 Å². The molecule has 0 unspecified atom stereocenters. The molecule has 6 nitrogen and oxygen atoms in total. The van der Waals surface area contributed by atoms with Crippen LogP contribution in [0.5, 0.6) is 17.2 Å². The monoisotopic (exact) mass is 443 g/mol. The highest BCUT2D eigenvalue weighted by Gasteiger charge is 2.20. The summed E-state index contributed by atoms with van der Waals surface area (Å²) in [5, 5.41) is 0. The summed E-state index contributed by atoms with van der Waals surface area (Å²) in [6.07, 6.45) is 0. The molecule has 1 aromatic carbocycles. The van der Waals surface area contributed by atoms with Crippen LogP contribution in [0.4, 0.5) is 8.78 Å². The summed E-state index contributed by atoms with van der Waals surface area (Å²) in [5.41, 5.74) is 6.34. The SMILES string of the molecule is CCN(CC)C(N)=NCc1cc2c(cc1OC(F)F)OCO2.I. The van der Waals surface area contributed by atoms with Crippen molar-refractivity contribution >= 4 is 29.9 Å². The quantitative estimate of drug-likeness (QED) is 0.416. The Hall–Kier alpha value is -1.52. The molecular formula is C14H20F2IN3O3. The van der Waals surface area contributed by atoms with Gasteiger partial charge in [0.05, 0.1) is 6.54 Å². The fraction of sp³-hybridized carbons (Fsp3) is 0.500. The topological polar surface area (TPSA) is 69.3 Å². The molecule has 0 amide bonds. The first kappa shape index (κ1) is 19.5. The van der Waals surface area contributed by atoms with Crippen LogP contribution in [0, 0.1) is 0 Å². The van der Waals surface area contributed by atoms with E-state index in [0.717, 1.165) is 0 Å². The molecule has 0 aromatic heterocycles. The fourth-order valence-electron chi connectivity index (χ4n) is 2.11. The van der Waals surface area contributed by atoms with Gasteiger partial charge in [-0.25, -0.2) is 4.99 Å². The van der Waals surface area contributed by atoms with Crippen LogP contribution < -0.4 is 19.9 Å². The zero-order valence-electron chi connectivity index (χ0n) is 12.9. The van der Waals surface area contributed by atoms with Crippen LogP contribution in [0.2, 0.25) is 0 Å². The van der Waals surface area contributed by atoms with E-state index in [2.05, 4.69) is 9.73 Å². The van der Waals surface area contributed by atoms with Gasteiger partial charge in [-0.3, -0.25) is 0 Å². The molecule has 130 valence electrons. The van der Waals surface area contributed by atoms with Crippen molar-refractivity contribution in [2.75, 3.05) is 19.9 Å². The van der Waals surface area contributed by atoms with E-state index in [9.17, 15) is 8.78 Å². The number of nitrogens with two attached hydrogens (primary N) is 1. The highest BCUT2D eigenvalue weighted by Crippen LogP contribution is 2.39. The van der Waals surface area contributed by atoms with Crippen LogP contribution in [0.3, 0.4) is 0 Å². The molecule has 1 aliphatic rings. The molecule has 0 fully saturated rings. The number of guanidine groups is 1. The van der Waals surface area contributed by atoms with E-state index >= 15 is 0 Å². The maximum absolute atomic E-state index is 12.5. The summed E-state index contributed by atoms with van der Waals surface area (Å²) < 4.78 is 40.0. The van der Waals surface area contributed by atoms with E-state index in [-0.39, 0.29) is 43.1 Å². The van der Waals surface area contributed by atoms with Crippen LogP contribution in [-0.4, -0.2) is 37.4 Å². The number of halogens is 3. The van der Waals surface area contributed by atoms with E-state index in [0.29, 0.717) is 36.1 Å². The highest BCUT2D eigenvalue weighted by atomic mass is 127. The van der Waals surface area contributed by atoms with E-state index in [1.54, 1.807) is 6.07 Å². The minimum Gasteiger partial charge on any atom is -0.454 e. The molecule has 1 heterocycles. The van der Waals surface area contributed by atoms with E-state index in [4.69, 9.17) is 15.2 Å². The molecule has 1 aliphatic heterocycles. The Bertz CT molecular complexity index is 554. The van der Waals surface area contributed by atoms with E-state index < -0.39 is 6.61 Å². The van der Waals surface area contributed by atoms with Crippen LogP contribution in [0.1, 0.15) is 19.4 Å². The third kappa shape index (κ3) is 4.98. The van der Waals surface area contributed by atoms with Gasteiger partial charge in [-0.05, 0) is 19.9 Å². The number of aliphatic imine (C=N–C) groups is 1. The summed E-state index contributed by atoms with van der Waals surface area (Å²) in [5.74, 6) is 1.22. The molecule has 0 aliphatic carbocycles. The van der Waals surface area contributed by atoms with Gasteiger partial charge in [-0.15, -0.1) is 24.0 Å². The van der Waals surface area contributed by atoms with Crippen molar-refractivity contribution in [2.45, 2.75) is 27.0 Å². The van der Waals surface area contributed by atoms with Crippen molar-refractivity contribution in [3.8, 4) is 17.2 Å². The van der Waals surface area contributed by atoms with Crippen molar-refractivity contribution < 1.29 is 23.0 Å². The molecule has 9 heteroatoms. The number of hydrogen-bond acceptors (Lipinski definition) is 4. The van der Waals surface area contributed by atoms with Crippen LogP contribution in [-0.2, 0) is 6.54 Å². The summed E-state index contributed by atoms with van der Waals surface area (Å²) in [4.78, 5) is 6.09. The lowest BCUT2D eigenvalue weighted by molar-refractivity contribution is -0.0505. The molecular weight excluding hydrogens is 423 g/mol. The molecule has 1 aromatic rings. The Balaban J connectivity index is 0.00000264. The van der Waals surface area contributed by atoms with E-state index in [1.807, 2.05) is 18.7 Å². The Kier molecular flexibility index (Phi) is 7.59. The third-order valence-corrected chi connectivity index (χ3v) is 3.27. The zero-order chi connectivity index (χ0) is 16.1. The van der Waals surface area contributed by atoms with Gasteiger partial charge in [0.2, 0.25) is 6.79 Å². The lowest BCUT2D eigenvalue weighted by atomic mass is 10.1. The number of nitrogens with zero attached hydrogens (tertiary/aromatic N) is 2. The molecule has 0 saturated heterocycles. The summed E-state index contributed by atoms with van der Waals surface area (Å²) in [7, 11) is 0. The van der Waals surface area contributed by atoms with Crippen LogP contribution in [0.15, 0.2) is 17.1 Å². The first-order valence-electron chi connectivity index (χ1n) is 6.97. The second-order valence-electron chi connectivity index (χ2n) is 4.54. The number of rotatable bonds is 6. The van der Waals surface area contributed by atoms with Crippen LogP contribution >= 0.6 is 24.0 Å². The highest BCUT2D eigenvalue weighted by molar-refractivity contribution is 14.0. The summed E-state index contributed by atoms with van der Waals surface area (Å²) in [6.45, 7) is 2.58. The normalized spacial score (nSPS) is 13.0. The van der Waals surface area contributed by atoms with Gasteiger partial charge in [0, 0.05) is 24.7 Å². The molecule has 0 atom stereocenters. The Morgan fingerprint density at radius 2 is 1.91 bits per heavy atom. The molecule has 23 heavy (non-hydrogen) atoms. The minimum atomic E-state index is -2.93. The lowest BCUT2D eigenvalue weighted by Gasteiger charge is -2.19. The van der Waals surface area contributed by atoms with Crippen molar-refractivity contribution in [2.24, 2.45) is 10.7 Å². The summed E-state index contributed by atoms with van der Waals surface area (Å²) in [6, 6.07) is 2.96. The molecule has 0 saturated carbocycles. The Morgan fingerprint density at radius 1 is 1.30 bits per heavy atom. The van der Waals surface area contributed by atoms with Gasteiger partial charge >= 0.3 is 6.61 Å². The fourth-order valence-corrected chi connectivity index (χ4v) is 2.11.